The zero-order chi connectivity index (χ0) is 17.0. The summed E-state index contributed by atoms with van der Waals surface area (Å²) in [5.41, 5.74) is 0.434. The molecule has 0 radical (unpaired) electrons. The third-order valence-corrected chi connectivity index (χ3v) is 4.09. The second kappa shape index (κ2) is 7.57. The third-order valence-electron chi connectivity index (χ3n) is 3.45. The Kier molecular flexibility index (Phi) is 5.74. The number of halogens is 1. The predicted molar refractivity (Wildman–Crippen MR) is 94.1 cm³/mol. The maximum atomic E-state index is 12.5. The van der Waals surface area contributed by atoms with Crippen molar-refractivity contribution in [2.75, 3.05) is 0 Å². The molecule has 0 saturated carbocycles. The molecular weight excluding hydrogens is 332 g/mol. The lowest BCUT2D eigenvalue weighted by atomic mass is 10.0. The van der Waals surface area contributed by atoms with Crippen LogP contribution in [0.5, 0.6) is 0 Å². The molecule has 0 aliphatic carbocycles. The fourth-order valence-corrected chi connectivity index (χ4v) is 2.70. The molecule has 1 aromatic carbocycles. The van der Waals surface area contributed by atoms with E-state index in [0.717, 1.165) is 0 Å². The standard InChI is InChI=1S/C16H19ClN4OS/c1-4-9-21-14(19-20-16(21)23)13(10(2)3)18-15(22)11-7-5-6-8-12(11)17/h4-8,10,13H,1,9H2,2-3H3,(H,18,22)(H,20,23)/t13-/m1/s1. The van der Waals surface area contributed by atoms with Gasteiger partial charge in [0.2, 0.25) is 0 Å². The van der Waals surface area contributed by atoms with E-state index in [9.17, 15) is 4.79 Å². The molecule has 122 valence electrons. The van der Waals surface area contributed by atoms with Gasteiger partial charge in [-0.3, -0.25) is 14.5 Å². The molecule has 23 heavy (non-hydrogen) atoms. The quantitative estimate of drug-likeness (QED) is 0.613. The van der Waals surface area contributed by atoms with E-state index in [0.29, 0.717) is 27.7 Å². The molecule has 0 bridgehead atoms. The van der Waals surface area contributed by atoms with Crippen molar-refractivity contribution in [1.82, 2.24) is 20.1 Å². The van der Waals surface area contributed by atoms with E-state index in [4.69, 9.17) is 23.8 Å². The Morgan fingerprint density at radius 3 is 2.83 bits per heavy atom. The molecule has 1 heterocycles. The van der Waals surface area contributed by atoms with Gasteiger partial charge in [0.1, 0.15) is 0 Å². The summed E-state index contributed by atoms with van der Waals surface area (Å²) in [6.45, 7) is 8.27. The molecule has 0 aliphatic heterocycles. The zero-order valence-electron chi connectivity index (χ0n) is 13.0. The molecule has 1 amide bonds. The van der Waals surface area contributed by atoms with Crippen molar-refractivity contribution in [3.63, 3.8) is 0 Å². The summed E-state index contributed by atoms with van der Waals surface area (Å²) in [5.74, 6) is 0.550. The van der Waals surface area contributed by atoms with Gasteiger partial charge in [-0.25, -0.2) is 0 Å². The number of benzene rings is 1. The highest BCUT2D eigenvalue weighted by Crippen LogP contribution is 2.22. The first-order valence-corrected chi connectivity index (χ1v) is 8.05. The monoisotopic (exact) mass is 350 g/mol. The van der Waals surface area contributed by atoms with E-state index in [1.807, 2.05) is 18.4 Å². The SMILES string of the molecule is C=CCn1c([C@H](NC(=O)c2ccccc2Cl)C(C)C)n[nH]c1=S. The van der Waals surface area contributed by atoms with Crippen molar-refractivity contribution in [2.24, 2.45) is 5.92 Å². The summed E-state index contributed by atoms with van der Waals surface area (Å²) in [7, 11) is 0. The van der Waals surface area contributed by atoms with Gasteiger partial charge in [0.05, 0.1) is 16.6 Å². The van der Waals surface area contributed by atoms with Crippen LogP contribution in [0, 0.1) is 10.7 Å². The van der Waals surface area contributed by atoms with Crippen LogP contribution < -0.4 is 5.32 Å². The summed E-state index contributed by atoms with van der Waals surface area (Å²) in [4.78, 5) is 12.5. The Morgan fingerprint density at radius 1 is 1.52 bits per heavy atom. The van der Waals surface area contributed by atoms with E-state index in [1.54, 1.807) is 30.3 Å². The van der Waals surface area contributed by atoms with Crippen molar-refractivity contribution in [1.29, 1.82) is 0 Å². The molecular formula is C16H19ClN4OS. The molecule has 0 fully saturated rings. The predicted octanol–water partition coefficient (Wildman–Crippen LogP) is 3.91. The number of carbonyl (C=O) groups is 1. The van der Waals surface area contributed by atoms with Gasteiger partial charge in [-0.1, -0.05) is 43.7 Å². The molecule has 2 aromatic rings. The molecule has 0 unspecified atom stereocenters. The lowest BCUT2D eigenvalue weighted by Crippen LogP contribution is -2.34. The van der Waals surface area contributed by atoms with Crippen molar-refractivity contribution in [2.45, 2.75) is 26.4 Å². The minimum atomic E-state index is -0.299. The highest BCUT2D eigenvalue weighted by Gasteiger charge is 2.25. The van der Waals surface area contributed by atoms with Crippen LogP contribution in [0.1, 0.15) is 36.1 Å². The first kappa shape index (κ1) is 17.4. The number of nitrogens with one attached hydrogen (secondary N) is 2. The van der Waals surface area contributed by atoms with E-state index in [1.165, 1.54) is 0 Å². The minimum absolute atomic E-state index is 0.121. The van der Waals surface area contributed by atoms with Crippen LogP contribution in [0.15, 0.2) is 36.9 Å². The Balaban J connectivity index is 2.33. The first-order valence-electron chi connectivity index (χ1n) is 7.27. The average Bonchev–Trinajstić information content (AvgIpc) is 2.86. The number of hydrogen-bond acceptors (Lipinski definition) is 3. The molecule has 0 saturated heterocycles. The van der Waals surface area contributed by atoms with Gasteiger partial charge < -0.3 is 5.32 Å². The lowest BCUT2D eigenvalue weighted by Gasteiger charge is -2.22. The van der Waals surface area contributed by atoms with Gasteiger partial charge in [0.15, 0.2) is 10.6 Å². The number of allylic oxidation sites excluding steroid dienone is 1. The van der Waals surface area contributed by atoms with E-state index in [2.05, 4.69) is 22.1 Å². The molecule has 1 aromatic heterocycles. The summed E-state index contributed by atoms with van der Waals surface area (Å²) in [5, 5.41) is 10.5. The molecule has 2 rings (SSSR count). The van der Waals surface area contributed by atoms with Gasteiger partial charge in [0, 0.05) is 6.54 Å². The van der Waals surface area contributed by atoms with Gasteiger partial charge in [-0.15, -0.1) is 6.58 Å². The zero-order valence-corrected chi connectivity index (χ0v) is 14.6. The van der Waals surface area contributed by atoms with Crippen LogP contribution in [-0.4, -0.2) is 20.7 Å². The van der Waals surface area contributed by atoms with E-state index < -0.39 is 0 Å². The molecule has 0 spiro atoms. The fraction of sp³-hybridized carbons (Fsp3) is 0.312. The van der Waals surface area contributed by atoms with Gasteiger partial charge in [0.25, 0.3) is 5.91 Å². The van der Waals surface area contributed by atoms with Crippen molar-refractivity contribution >= 4 is 29.7 Å². The number of aromatic amines is 1. The second-order valence-corrected chi connectivity index (χ2v) is 6.26. The van der Waals surface area contributed by atoms with Crippen LogP contribution >= 0.6 is 23.8 Å². The Labute approximate surface area is 145 Å². The molecule has 1 atom stereocenters. The van der Waals surface area contributed by atoms with Crippen LogP contribution in [0.4, 0.5) is 0 Å². The number of aromatic nitrogens is 3. The van der Waals surface area contributed by atoms with Crippen molar-refractivity contribution in [3.05, 3.63) is 58.1 Å². The largest absolute Gasteiger partial charge is 0.342 e. The summed E-state index contributed by atoms with van der Waals surface area (Å²) in [6, 6.07) is 6.64. The van der Waals surface area contributed by atoms with Crippen LogP contribution in [0.25, 0.3) is 0 Å². The fourth-order valence-electron chi connectivity index (χ4n) is 2.27. The number of carbonyl (C=O) groups excluding carboxylic acids is 1. The number of hydrogen-bond donors (Lipinski definition) is 2. The van der Waals surface area contributed by atoms with Crippen LogP contribution in [-0.2, 0) is 6.54 Å². The van der Waals surface area contributed by atoms with Gasteiger partial charge in [-0.2, -0.15) is 5.10 Å². The first-order chi connectivity index (χ1) is 11.0. The number of amides is 1. The van der Waals surface area contributed by atoms with Gasteiger partial charge in [-0.05, 0) is 30.3 Å². The third kappa shape index (κ3) is 3.89. The summed E-state index contributed by atoms with van der Waals surface area (Å²) in [6.07, 6.45) is 1.74. The number of nitrogens with zero attached hydrogens (tertiary/aromatic N) is 2. The highest BCUT2D eigenvalue weighted by molar-refractivity contribution is 7.71. The molecule has 2 N–H and O–H groups in total. The maximum Gasteiger partial charge on any atom is 0.253 e. The Morgan fingerprint density at radius 2 is 2.22 bits per heavy atom. The highest BCUT2D eigenvalue weighted by atomic mass is 35.5. The average molecular weight is 351 g/mol. The van der Waals surface area contributed by atoms with Crippen LogP contribution in [0.2, 0.25) is 5.02 Å². The minimum Gasteiger partial charge on any atom is -0.342 e. The number of H-pyrrole nitrogens is 1. The molecule has 7 heteroatoms. The van der Waals surface area contributed by atoms with Crippen LogP contribution in [0.3, 0.4) is 0 Å². The Hall–Kier alpha value is -1.92. The van der Waals surface area contributed by atoms with Gasteiger partial charge >= 0.3 is 0 Å². The van der Waals surface area contributed by atoms with E-state index in [-0.39, 0.29) is 17.9 Å². The smallest absolute Gasteiger partial charge is 0.253 e. The van der Waals surface area contributed by atoms with Crippen molar-refractivity contribution < 1.29 is 4.79 Å². The lowest BCUT2D eigenvalue weighted by molar-refractivity contribution is 0.0922. The van der Waals surface area contributed by atoms with E-state index >= 15 is 0 Å². The normalized spacial score (nSPS) is 12.2. The maximum absolute atomic E-state index is 12.5. The number of rotatable bonds is 6. The molecule has 0 aliphatic rings. The Bertz CT molecular complexity index is 765. The second-order valence-electron chi connectivity index (χ2n) is 5.46. The topological polar surface area (TPSA) is 62.7 Å². The summed E-state index contributed by atoms with van der Waals surface area (Å²) >= 11 is 11.3. The van der Waals surface area contributed by atoms with Crippen molar-refractivity contribution in [3.8, 4) is 0 Å². The molecule has 5 nitrogen and oxygen atoms in total. The summed E-state index contributed by atoms with van der Waals surface area (Å²) < 4.78 is 2.32.